The van der Waals surface area contributed by atoms with Gasteiger partial charge in [-0.15, -0.1) is 0 Å². The lowest BCUT2D eigenvalue weighted by Crippen LogP contribution is -2.58. The first-order chi connectivity index (χ1) is 8.17. The van der Waals surface area contributed by atoms with Gasteiger partial charge in [-0.25, -0.2) is 4.79 Å². The van der Waals surface area contributed by atoms with E-state index in [9.17, 15) is 4.79 Å². The van der Waals surface area contributed by atoms with Crippen LogP contribution in [0.4, 0.5) is 0 Å². The van der Waals surface area contributed by atoms with Gasteiger partial charge >= 0.3 is 5.97 Å². The SMILES string of the molecule is O=C(O)C1COC2(O1)C1CC3CC(C1)CC2C3. The maximum atomic E-state index is 11.0. The Labute approximate surface area is 100 Å². The Morgan fingerprint density at radius 2 is 1.65 bits per heavy atom. The summed E-state index contributed by atoms with van der Waals surface area (Å²) < 4.78 is 11.8. The summed E-state index contributed by atoms with van der Waals surface area (Å²) in [6.45, 7) is 0.234. The van der Waals surface area contributed by atoms with Crippen molar-refractivity contribution in [2.24, 2.45) is 23.7 Å². The van der Waals surface area contributed by atoms with Crippen LogP contribution >= 0.6 is 0 Å². The summed E-state index contributed by atoms with van der Waals surface area (Å²) in [5, 5.41) is 9.05. The number of hydrogen-bond donors (Lipinski definition) is 1. The normalized spacial score (nSPS) is 55.6. The van der Waals surface area contributed by atoms with E-state index in [2.05, 4.69) is 0 Å². The standard InChI is InChI=1S/C13H18O4/c14-12(15)11-6-16-13(17-11)9-2-7-1-8(4-9)5-10(13)3-7/h7-11H,1-6H2,(H,14,15). The van der Waals surface area contributed by atoms with E-state index in [0.717, 1.165) is 11.8 Å². The highest BCUT2D eigenvalue weighted by Crippen LogP contribution is 2.61. The van der Waals surface area contributed by atoms with E-state index >= 15 is 0 Å². The summed E-state index contributed by atoms with van der Waals surface area (Å²) in [5.74, 6) is 1.18. The summed E-state index contributed by atoms with van der Waals surface area (Å²) in [6, 6.07) is 0. The fourth-order valence-corrected chi connectivity index (χ4v) is 4.89. The molecule has 4 heteroatoms. The Balaban J connectivity index is 1.64. The lowest BCUT2D eigenvalue weighted by molar-refractivity contribution is -0.293. The first-order valence-corrected chi connectivity index (χ1v) is 6.72. The minimum atomic E-state index is -0.879. The second-order valence-electron chi connectivity index (χ2n) is 6.28. The summed E-state index contributed by atoms with van der Waals surface area (Å²) >= 11 is 0. The largest absolute Gasteiger partial charge is 0.479 e. The van der Waals surface area contributed by atoms with Crippen LogP contribution in [0.5, 0.6) is 0 Å². The molecule has 1 heterocycles. The van der Waals surface area contributed by atoms with Gasteiger partial charge in [0.2, 0.25) is 0 Å². The van der Waals surface area contributed by atoms with Crippen LogP contribution in [0.25, 0.3) is 0 Å². The number of rotatable bonds is 1. The molecule has 0 aromatic heterocycles. The molecular weight excluding hydrogens is 220 g/mol. The first kappa shape index (κ1) is 10.3. The molecule has 0 aromatic carbocycles. The maximum Gasteiger partial charge on any atom is 0.335 e. The topological polar surface area (TPSA) is 55.8 Å². The van der Waals surface area contributed by atoms with Gasteiger partial charge in [0.15, 0.2) is 11.9 Å². The van der Waals surface area contributed by atoms with Crippen LogP contribution in [-0.2, 0) is 14.3 Å². The summed E-state index contributed by atoms with van der Waals surface area (Å²) in [5.41, 5.74) is 0. The van der Waals surface area contributed by atoms with Gasteiger partial charge in [0, 0.05) is 11.8 Å². The van der Waals surface area contributed by atoms with Gasteiger partial charge in [-0.3, -0.25) is 0 Å². The second kappa shape index (κ2) is 3.23. The van der Waals surface area contributed by atoms with Crippen LogP contribution in [0.15, 0.2) is 0 Å². The Hall–Kier alpha value is -0.610. The van der Waals surface area contributed by atoms with E-state index in [4.69, 9.17) is 14.6 Å². The highest BCUT2D eigenvalue weighted by Gasteiger charge is 2.62. The minimum Gasteiger partial charge on any atom is -0.479 e. The van der Waals surface area contributed by atoms with E-state index in [1.807, 2.05) is 0 Å². The van der Waals surface area contributed by atoms with Crippen molar-refractivity contribution < 1.29 is 19.4 Å². The molecule has 17 heavy (non-hydrogen) atoms. The van der Waals surface area contributed by atoms with Crippen LogP contribution in [0.1, 0.15) is 32.1 Å². The number of carbonyl (C=O) groups is 1. The molecule has 1 N–H and O–H groups in total. The van der Waals surface area contributed by atoms with E-state index < -0.39 is 17.9 Å². The molecule has 4 aliphatic carbocycles. The average molecular weight is 238 g/mol. The molecule has 1 unspecified atom stereocenters. The Morgan fingerprint density at radius 3 is 2.12 bits per heavy atom. The van der Waals surface area contributed by atoms with Gasteiger partial charge in [0.05, 0.1) is 6.61 Å². The van der Waals surface area contributed by atoms with E-state index in [1.54, 1.807) is 0 Å². The zero-order chi connectivity index (χ0) is 11.6. The molecule has 5 aliphatic rings. The first-order valence-electron chi connectivity index (χ1n) is 6.72. The average Bonchev–Trinajstić information content (AvgIpc) is 2.71. The molecule has 1 spiro atoms. The van der Waals surface area contributed by atoms with Crippen molar-refractivity contribution in [3.63, 3.8) is 0 Å². The van der Waals surface area contributed by atoms with E-state index in [-0.39, 0.29) is 6.61 Å². The smallest absolute Gasteiger partial charge is 0.335 e. The summed E-state index contributed by atoms with van der Waals surface area (Å²) in [4.78, 5) is 11.0. The van der Waals surface area contributed by atoms with Crippen molar-refractivity contribution in [1.82, 2.24) is 0 Å². The Bertz CT molecular complexity index is 336. The van der Waals surface area contributed by atoms with Gasteiger partial charge in [-0.1, -0.05) is 0 Å². The number of carboxylic acids is 1. The Morgan fingerprint density at radius 1 is 1.06 bits per heavy atom. The van der Waals surface area contributed by atoms with Crippen LogP contribution in [0.3, 0.4) is 0 Å². The number of hydrogen-bond acceptors (Lipinski definition) is 3. The zero-order valence-electron chi connectivity index (χ0n) is 9.80. The zero-order valence-corrected chi connectivity index (χ0v) is 9.80. The third-order valence-corrected chi connectivity index (χ3v) is 5.34. The van der Waals surface area contributed by atoms with Crippen molar-refractivity contribution in [3.05, 3.63) is 0 Å². The number of aliphatic carboxylic acids is 1. The predicted molar refractivity (Wildman–Crippen MR) is 58.2 cm³/mol. The van der Waals surface area contributed by atoms with Crippen molar-refractivity contribution in [2.75, 3.05) is 6.61 Å². The third kappa shape index (κ3) is 1.28. The molecule has 0 radical (unpaired) electrons. The molecule has 94 valence electrons. The van der Waals surface area contributed by atoms with Crippen molar-refractivity contribution >= 4 is 5.97 Å². The molecule has 5 rings (SSSR count). The van der Waals surface area contributed by atoms with Crippen molar-refractivity contribution in [3.8, 4) is 0 Å². The lowest BCUT2D eigenvalue weighted by atomic mass is 9.53. The van der Waals surface area contributed by atoms with Gasteiger partial charge in [-0.2, -0.15) is 0 Å². The molecule has 4 bridgehead atoms. The van der Waals surface area contributed by atoms with E-state index in [1.165, 1.54) is 32.1 Å². The molecular formula is C13H18O4. The van der Waals surface area contributed by atoms with Gasteiger partial charge in [0.1, 0.15) is 0 Å². The summed E-state index contributed by atoms with van der Waals surface area (Å²) in [7, 11) is 0. The summed E-state index contributed by atoms with van der Waals surface area (Å²) in [6.07, 6.45) is 5.36. The fraction of sp³-hybridized carbons (Fsp3) is 0.923. The van der Waals surface area contributed by atoms with Crippen LogP contribution < -0.4 is 0 Å². The highest BCUT2D eigenvalue weighted by atomic mass is 16.8. The minimum absolute atomic E-state index is 0.234. The molecule has 5 fully saturated rings. The van der Waals surface area contributed by atoms with Crippen LogP contribution in [0.2, 0.25) is 0 Å². The van der Waals surface area contributed by atoms with Gasteiger partial charge in [0.25, 0.3) is 0 Å². The second-order valence-corrected chi connectivity index (χ2v) is 6.28. The fourth-order valence-electron chi connectivity index (χ4n) is 4.89. The molecule has 0 aromatic rings. The Kier molecular flexibility index (Phi) is 1.96. The molecule has 1 atom stereocenters. The quantitative estimate of drug-likeness (QED) is 0.754. The molecule has 0 amide bonds. The lowest BCUT2D eigenvalue weighted by Gasteiger charge is -2.58. The van der Waals surface area contributed by atoms with Gasteiger partial charge < -0.3 is 14.6 Å². The monoisotopic (exact) mass is 238 g/mol. The van der Waals surface area contributed by atoms with Crippen molar-refractivity contribution in [2.45, 2.75) is 44.0 Å². The predicted octanol–water partition coefficient (Wildman–Crippen LogP) is 1.64. The van der Waals surface area contributed by atoms with Crippen LogP contribution in [-0.4, -0.2) is 29.6 Å². The van der Waals surface area contributed by atoms with E-state index in [0.29, 0.717) is 11.8 Å². The maximum absolute atomic E-state index is 11.0. The highest BCUT2D eigenvalue weighted by molar-refractivity contribution is 5.72. The molecule has 4 nitrogen and oxygen atoms in total. The number of carboxylic acid groups (broad SMARTS) is 1. The molecule has 4 saturated carbocycles. The van der Waals surface area contributed by atoms with Gasteiger partial charge in [-0.05, 0) is 43.9 Å². The molecule has 1 aliphatic heterocycles. The molecule has 1 saturated heterocycles. The third-order valence-electron chi connectivity index (χ3n) is 5.34. The van der Waals surface area contributed by atoms with Crippen molar-refractivity contribution in [1.29, 1.82) is 0 Å². The van der Waals surface area contributed by atoms with Crippen LogP contribution in [0, 0.1) is 23.7 Å². The number of ether oxygens (including phenoxy) is 2.